The van der Waals surface area contributed by atoms with Crippen molar-refractivity contribution < 1.29 is 4.74 Å². The number of hydrogen-bond acceptors (Lipinski definition) is 2. The Morgan fingerprint density at radius 3 is 2.56 bits per heavy atom. The molecule has 1 aromatic rings. The molecule has 0 saturated heterocycles. The molecule has 0 heterocycles. The SMILES string of the molecule is CC(C)OCCNC1CC(c2ccc(Br)cc2)C1. The van der Waals surface area contributed by atoms with Gasteiger partial charge in [-0.1, -0.05) is 28.1 Å². The van der Waals surface area contributed by atoms with Crippen molar-refractivity contribution in [1.29, 1.82) is 0 Å². The van der Waals surface area contributed by atoms with Crippen molar-refractivity contribution in [3.63, 3.8) is 0 Å². The zero-order valence-electron chi connectivity index (χ0n) is 11.2. The second kappa shape index (κ2) is 6.69. The molecule has 0 radical (unpaired) electrons. The summed E-state index contributed by atoms with van der Waals surface area (Å²) in [5.41, 5.74) is 1.47. The third kappa shape index (κ3) is 4.08. The number of halogens is 1. The average molecular weight is 312 g/mol. The molecule has 0 amide bonds. The van der Waals surface area contributed by atoms with Gasteiger partial charge in [-0.2, -0.15) is 0 Å². The minimum Gasteiger partial charge on any atom is -0.377 e. The molecule has 1 aliphatic rings. The van der Waals surface area contributed by atoms with E-state index in [1.807, 2.05) is 0 Å². The van der Waals surface area contributed by atoms with E-state index in [0.717, 1.165) is 23.5 Å². The Morgan fingerprint density at radius 1 is 1.28 bits per heavy atom. The zero-order valence-corrected chi connectivity index (χ0v) is 12.7. The topological polar surface area (TPSA) is 21.3 Å². The Morgan fingerprint density at radius 2 is 1.94 bits per heavy atom. The first-order chi connectivity index (χ1) is 8.65. The van der Waals surface area contributed by atoms with E-state index in [1.54, 1.807) is 0 Å². The van der Waals surface area contributed by atoms with Crippen LogP contribution in [0, 0.1) is 0 Å². The van der Waals surface area contributed by atoms with Gasteiger partial charge in [0.2, 0.25) is 0 Å². The highest BCUT2D eigenvalue weighted by molar-refractivity contribution is 9.10. The van der Waals surface area contributed by atoms with Crippen LogP contribution in [-0.2, 0) is 4.74 Å². The van der Waals surface area contributed by atoms with Crippen molar-refractivity contribution in [2.24, 2.45) is 0 Å². The standard InChI is InChI=1S/C15H22BrNO/c1-11(2)18-8-7-17-15-9-13(10-15)12-3-5-14(16)6-4-12/h3-6,11,13,15,17H,7-10H2,1-2H3. The maximum absolute atomic E-state index is 5.52. The first kappa shape index (κ1) is 14.0. The normalized spacial score (nSPS) is 23.1. The number of hydrogen-bond donors (Lipinski definition) is 1. The second-order valence-corrected chi connectivity index (χ2v) is 6.21. The summed E-state index contributed by atoms with van der Waals surface area (Å²) >= 11 is 3.47. The lowest BCUT2D eigenvalue weighted by molar-refractivity contribution is 0.0767. The third-order valence-corrected chi connectivity index (χ3v) is 3.99. The molecular formula is C15H22BrNO. The van der Waals surface area contributed by atoms with Gasteiger partial charge in [-0.05, 0) is 50.3 Å². The predicted octanol–water partition coefficient (Wildman–Crippen LogP) is 3.71. The van der Waals surface area contributed by atoms with Gasteiger partial charge >= 0.3 is 0 Å². The van der Waals surface area contributed by atoms with Gasteiger partial charge in [-0.25, -0.2) is 0 Å². The van der Waals surface area contributed by atoms with Crippen LogP contribution >= 0.6 is 15.9 Å². The van der Waals surface area contributed by atoms with Gasteiger partial charge in [-0.3, -0.25) is 0 Å². The molecule has 18 heavy (non-hydrogen) atoms. The maximum atomic E-state index is 5.52. The van der Waals surface area contributed by atoms with Gasteiger partial charge in [0, 0.05) is 17.1 Å². The Labute approximate surface area is 118 Å². The van der Waals surface area contributed by atoms with E-state index in [0.29, 0.717) is 12.1 Å². The van der Waals surface area contributed by atoms with E-state index in [4.69, 9.17) is 4.74 Å². The van der Waals surface area contributed by atoms with E-state index >= 15 is 0 Å². The third-order valence-electron chi connectivity index (χ3n) is 3.47. The highest BCUT2D eigenvalue weighted by Gasteiger charge is 2.29. The number of rotatable bonds is 6. The second-order valence-electron chi connectivity index (χ2n) is 5.29. The predicted molar refractivity (Wildman–Crippen MR) is 79.0 cm³/mol. The first-order valence-electron chi connectivity index (χ1n) is 6.75. The smallest absolute Gasteiger partial charge is 0.0594 e. The Balaban J connectivity index is 1.63. The van der Waals surface area contributed by atoms with Gasteiger partial charge < -0.3 is 10.1 Å². The van der Waals surface area contributed by atoms with Crippen molar-refractivity contribution in [2.45, 2.75) is 44.8 Å². The molecule has 3 heteroatoms. The van der Waals surface area contributed by atoms with Crippen LogP contribution in [0.1, 0.15) is 38.2 Å². The van der Waals surface area contributed by atoms with E-state index in [9.17, 15) is 0 Å². The molecular weight excluding hydrogens is 290 g/mol. The van der Waals surface area contributed by atoms with Gasteiger partial charge in [-0.15, -0.1) is 0 Å². The summed E-state index contributed by atoms with van der Waals surface area (Å²) < 4.78 is 6.68. The molecule has 0 aromatic heterocycles. The van der Waals surface area contributed by atoms with Gasteiger partial charge in [0.1, 0.15) is 0 Å². The summed E-state index contributed by atoms with van der Waals surface area (Å²) in [4.78, 5) is 0. The first-order valence-corrected chi connectivity index (χ1v) is 7.55. The molecule has 0 bridgehead atoms. The van der Waals surface area contributed by atoms with E-state index in [-0.39, 0.29) is 0 Å². The molecule has 1 aliphatic carbocycles. The lowest BCUT2D eigenvalue weighted by atomic mass is 9.76. The fourth-order valence-electron chi connectivity index (χ4n) is 2.35. The van der Waals surface area contributed by atoms with E-state index in [1.165, 1.54) is 18.4 Å². The summed E-state index contributed by atoms with van der Waals surface area (Å²) in [7, 11) is 0. The molecule has 0 aliphatic heterocycles. The minimum atomic E-state index is 0.337. The monoisotopic (exact) mass is 311 g/mol. The number of nitrogens with one attached hydrogen (secondary N) is 1. The summed E-state index contributed by atoms with van der Waals surface area (Å²) in [5, 5.41) is 3.55. The fourth-order valence-corrected chi connectivity index (χ4v) is 2.61. The molecule has 1 saturated carbocycles. The summed E-state index contributed by atoms with van der Waals surface area (Å²) in [6.07, 6.45) is 2.84. The summed E-state index contributed by atoms with van der Waals surface area (Å²) in [5.74, 6) is 0.738. The molecule has 1 fully saturated rings. The Bertz CT molecular complexity index is 357. The summed E-state index contributed by atoms with van der Waals surface area (Å²) in [6, 6.07) is 9.40. The van der Waals surface area contributed by atoms with Crippen LogP contribution in [0.5, 0.6) is 0 Å². The van der Waals surface area contributed by atoms with Gasteiger partial charge in [0.15, 0.2) is 0 Å². The fraction of sp³-hybridized carbons (Fsp3) is 0.600. The highest BCUT2D eigenvalue weighted by Crippen LogP contribution is 2.37. The van der Waals surface area contributed by atoms with Crippen LogP contribution in [0.25, 0.3) is 0 Å². The van der Waals surface area contributed by atoms with Gasteiger partial charge in [0.25, 0.3) is 0 Å². The quantitative estimate of drug-likeness (QED) is 0.809. The highest BCUT2D eigenvalue weighted by atomic mass is 79.9. The Kier molecular flexibility index (Phi) is 5.22. The number of benzene rings is 1. The van der Waals surface area contributed by atoms with Crippen molar-refractivity contribution in [3.8, 4) is 0 Å². The van der Waals surface area contributed by atoms with Crippen LogP contribution in [-0.4, -0.2) is 25.3 Å². The van der Waals surface area contributed by atoms with E-state index < -0.39 is 0 Å². The van der Waals surface area contributed by atoms with Gasteiger partial charge in [0.05, 0.1) is 12.7 Å². The average Bonchev–Trinajstić information content (AvgIpc) is 2.28. The molecule has 1 N–H and O–H groups in total. The largest absolute Gasteiger partial charge is 0.377 e. The molecule has 2 nitrogen and oxygen atoms in total. The molecule has 0 spiro atoms. The van der Waals surface area contributed by atoms with Crippen LogP contribution in [0.15, 0.2) is 28.7 Å². The maximum Gasteiger partial charge on any atom is 0.0594 e. The van der Waals surface area contributed by atoms with Crippen LogP contribution in [0.3, 0.4) is 0 Å². The molecule has 0 atom stereocenters. The van der Waals surface area contributed by atoms with Crippen LogP contribution < -0.4 is 5.32 Å². The molecule has 2 rings (SSSR count). The molecule has 0 unspecified atom stereocenters. The van der Waals surface area contributed by atoms with Crippen molar-refractivity contribution in [2.75, 3.05) is 13.2 Å². The zero-order chi connectivity index (χ0) is 13.0. The van der Waals surface area contributed by atoms with Crippen molar-refractivity contribution in [3.05, 3.63) is 34.3 Å². The van der Waals surface area contributed by atoms with Crippen LogP contribution in [0.2, 0.25) is 0 Å². The lowest BCUT2D eigenvalue weighted by Crippen LogP contribution is -2.41. The Hall–Kier alpha value is -0.380. The van der Waals surface area contributed by atoms with Crippen molar-refractivity contribution >= 4 is 15.9 Å². The number of ether oxygens (including phenoxy) is 1. The lowest BCUT2D eigenvalue weighted by Gasteiger charge is -2.36. The summed E-state index contributed by atoms with van der Waals surface area (Å²) in [6.45, 7) is 5.94. The van der Waals surface area contributed by atoms with E-state index in [2.05, 4.69) is 59.4 Å². The minimum absolute atomic E-state index is 0.337. The van der Waals surface area contributed by atoms with Crippen molar-refractivity contribution in [1.82, 2.24) is 5.32 Å². The molecule has 100 valence electrons. The van der Waals surface area contributed by atoms with Crippen LogP contribution in [0.4, 0.5) is 0 Å². The molecule has 1 aromatic carbocycles.